The number of nitrogens with zero attached hydrogens (tertiary/aromatic N) is 3. The molecule has 126 valence electrons. The second-order valence-corrected chi connectivity index (χ2v) is 7.28. The summed E-state index contributed by atoms with van der Waals surface area (Å²) < 4.78 is 26.5. The Bertz CT molecular complexity index is 551. The molecule has 4 rings (SSSR count). The van der Waals surface area contributed by atoms with Gasteiger partial charge in [0, 0.05) is 55.8 Å². The van der Waals surface area contributed by atoms with Gasteiger partial charge in [-0.15, -0.1) is 0 Å². The molecule has 1 aromatic rings. The maximum atomic E-state index is 13.2. The van der Waals surface area contributed by atoms with Gasteiger partial charge in [-0.1, -0.05) is 0 Å². The molecule has 0 radical (unpaired) electrons. The molecule has 6 heteroatoms. The number of nitrogens with one attached hydrogen (secondary N) is 1. The van der Waals surface area contributed by atoms with Crippen LogP contribution in [0.5, 0.6) is 0 Å². The largest absolute Gasteiger partial charge is 0.339 e. The van der Waals surface area contributed by atoms with E-state index in [1.54, 1.807) is 0 Å². The average Bonchev–Trinajstić information content (AvgIpc) is 3.29. The quantitative estimate of drug-likeness (QED) is 0.925. The number of halogens is 2. The Balaban J connectivity index is 1.32. The van der Waals surface area contributed by atoms with Crippen LogP contribution in [-0.4, -0.2) is 41.1 Å². The van der Waals surface area contributed by atoms with Crippen LogP contribution in [0.2, 0.25) is 0 Å². The molecular weight excluding hydrogens is 298 g/mol. The Labute approximate surface area is 135 Å². The molecule has 4 nitrogen and oxygen atoms in total. The van der Waals surface area contributed by atoms with Crippen LogP contribution in [0.1, 0.15) is 56.6 Å². The molecule has 1 saturated heterocycles. The maximum absolute atomic E-state index is 13.2. The molecule has 1 N–H and O–H groups in total. The third-order valence-electron chi connectivity index (χ3n) is 5.32. The van der Waals surface area contributed by atoms with E-state index < -0.39 is 5.92 Å². The van der Waals surface area contributed by atoms with Crippen LogP contribution >= 0.6 is 0 Å². The fourth-order valence-corrected chi connectivity index (χ4v) is 3.74. The number of alkyl halides is 2. The van der Waals surface area contributed by atoms with E-state index in [-0.39, 0.29) is 18.9 Å². The predicted molar refractivity (Wildman–Crippen MR) is 85.0 cm³/mol. The smallest absolute Gasteiger partial charge is 0.248 e. The lowest BCUT2D eigenvalue weighted by atomic mass is 9.91. The average molecular weight is 322 g/mol. The van der Waals surface area contributed by atoms with Gasteiger partial charge in [0.05, 0.1) is 0 Å². The Morgan fingerprint density at radius 2 is 1.87 bits per heavy atom. The number of hydrogen-bond acceptors (Lipinski definition) is 4. The first-order valence-corrected chi connectivity index (χ1v) is 8.81. The summed E-state index contributed by atoms with van der Waals surface area (Å²) in [6, 6.07) is 2.62. The normalized spacial score (nSPS) is 28.3. The van der Waals surface area contributed by atoms with E-state index in [1.165, 1.54) is 18.5 Å². The third-order valence-corrected chi connectivity index (χ3v) is 5.32. The van der Waals surface area contributed by atoms with Crippen LogP contribution in [0.15, 0.2) is 12.3 Å². The highest BCUT2D eigenvalue weighted by molar-refractivity contribution is 5.34. The van der Waals surface area contributed by atoms with Crippen LogP contribution in [0.25, 0.3) is 0 Å². The highest BCUT2D eigenvalue weighted by atomic mass is 19.3. The zero-order valence-electron chi connectivity index (χ0n) is 13.3. The van der Waals surface area contributed by atoms with Gasteiger partial charge in [0.25, 0.3) is 0 Å². The number of rotatable bonds is 4. The van der Waals surface area contributed by atoms with E-state index >= 15 is 0 Å². The van der Waals surface area contributed by atoms with Crippen molar-refractivity contribution in [2.75, 3.05) is 18.0 Å². The Morgan fingerprint density at radius 3 is 2.61 bits per heavy atom. The van der Waals surface area contributed by atoms with Gasteiger partial charge in [0.2, 0.25) is 11.9 Å². The molecule has 3 aliphatic rings. The standard InChI is InChI=1S/C17H24F2N4/c18-17(19)7-3-13(4-8-17)21-14-6-10-23(11-14)16-20-9-5-15(22-16)12-1-2-12/h5,9,12-14,21H,1-4,6-8,10-11H2. The van der Waals surface area contributed by atoms with Crippen molar-refractivity contribution >= 4 is 5.95 Å². The minimum atomic E-state index is -2.45. The van der Waals surface area contributed by atoms with Crippen LogP contribution in [-0.2, 0) is 0 Å². The van der Waals surface area contributed by atoms with Crippen LogP contribution in [0.3, 0.4) is 0 Å². The lowest BCUT2D eigenvalue weighted by molar-refractivity contribution is -0.0410. The molecule has 1 aromatic heterocycles. The van der Waals surface area contributed by atoms with Crippen molar-refractivity contribution in [3.63, 3.8) is 0 Å². The second kappa shape index (κ2) is 5.96. The molecule has 0 spiro atoms. The third kappa shape index (κ3) is 3.62. The summed E-state index contributed by atoms with van der Waals surface area (Å²) in [5, 5.41) is 3.57. The number of anilines is 1. The zero-order valence-corrected chi connectivity index (χ0v) is 13.3. The molecule has 2 aliphatic carbocycles. The van der Waals surface area contributed by atoms with Crippen molar-refractivity contribution < 1.29 is 8.78 Å². The van der Waals surface area contributed by atoms with Crippen molar-refractivity contribution in [1.82, 2.24) is 15.3 Å². The van der Waals surface area contributed by atoms with E-state index in [4.69, 9.17) is 4.98 Å². The molecule has 1 aliphatic heterocycles. The van der Waals surface area contributed by atoms with Gasteiger partial charge in [-0.2, -0.15) is 0 Å². The Morgan fingerprint density at radius 1 is 1.09 bits per heavy atom. The highest BCUT2D eigenvalue weighted by Crippen LogP contribution is 2.39. The van der Waals surface area contributed by atoms with Crippen LogP contribution < -0.4 is 10.2 Å². The lowest BCUT2D eigenvalue weighted by Crippen LogP contribution is -2.43. The van der Waals surface area contributed by atoms with Crippen molar-refractivity contribution in [3.8, 4) is 0 Å². The fraction of sp³-hybridized carbons (Fsp3) is 0.765. The molecule has 3 fully saturated rings. The molecule has 0 bridgehead atoms. The van der Waals surface area contributed by atoms with Gasteiger partial charge in [-0.3, -0.25) is 0 Å². The summed E-state index contributed by atoms with van der Waals surface area (Å²) in [4.78, 5) is 11.3. The van der Waals surface area contributed by atoms with Gasteiger partial charge in [0.15, 0.2) is 0 Å². The molecule has 2 saturated carbocycles. The van der Waals surface area contributed by atoms with E-state index in [0.717, 1.165) is 25.5 Å². The number of aromatic nitrogens is 2. The van der Waals surface area contributed by atoms with Crippen molar-refractivity contribution in [3.05, 3.63) is 18.0 Å². The lowest BCUT2D eigenvalue weighted by Gasteiger charge is -2.31. The summed E-state index contributed by atoms with van der Waals surface area (Å²) in [6.45, 7) is 1.82. The first-order chi connectivity index (χ1) is 11.1. The van der Waals surface area contributed by atoms with Gasteiger partial charge < -0.3 is 10.2 Å². The van der Waals surface area contributed by atoms with Crippen LogP contribution in [0, 0.1) is 0 Å². The summed E-state index contributed by atoms with van der Waals surface area (Å²) in [5.74, 6) is -0.983. The van der Waals surface area contributed by atoms with E-state index in [2.05, 4.69) is 15.2 Å². The SMILES string of the molecule is FC1(F)CCC(NC2CCN(c3nccc(C4CC4)n3)C2)CC1. The van der Waals surface area contributed by atoms with Crippen molar-refractivity contribution in [2.24, 2.45) is 0 Å². The summed E-state index contributed by atoms with van der Waals surface area (Å²) in [7, 11) is 0. The van der Waals surface area contributed by atoms with Crippen molar-refractivity contribution in [1.29, 1.82) is 0 Å². The minimum Gasteiger partial charge on any atom is -0.339 e. The van der Waals surface area contributed by atoms with E-state index in [1.807, 2.05) is 12.3 Å². The molecule has 23 heavy (non-hydrogen) atoms. The summed E-state index contributed by atoms with van der Waals surface area (Å²) in [5.41, 5.74) is 1.17. The van der Waals surface area contributed by atoms with E-state index in [0.29, 0.717) is 24.8 Å². The first-order valence-electron chi connectivity index (χ1n) is 8.81. The Kier molecular flexibility index (Phi) is 3.95. The molecule has 0 aromatic carbocycles. The zero-order chi connectivity index (χ0) is 15.9. The molecule has 2 heterocycles. The Hall–Kier alpha value is -1.30. The highest BCUT2D eigenvalue weighted by Gasteiger charge is 2.36. The summed E-state index contributed by atoms with van der Waals surface area (Å²) in [6.07, 6.45) is 6.58. The predicted octanol–water partition coefficient (Wildman–Crippen LogP) is 3.10. The monoisotopic (exact) mass is 322 g/mol. The van der Waals surface area contributed by atoms with Crippen molar-refractivity contribution in [2.45, 2.75) is 68.9 Å². The molecule has 1 unspecified atom stereocenters. The van der Waals surface area contributed by atoms with Gasteiger partial charge in [0.1, 0.15) is 0 Å². The maximum Gasteiger partial charge on any atom is 0.248 e. The topological polar surface area (TPSA) is 41.0 Å². The van der Waals surface area contributed by atoms with Crippen LogP contribution in [0.4, 0.5) is 14.7 Å². The molecular formula is C17H24F2N4. The second-order valence-electron chi connectivity index (χ2n) is 7.28. The van der Waals surface area contributed by atoms with Gasteiger partial charge in [-0.25, -0.2) is 18.7 Å². The van der Waals surface area contributed by atoms with E-state index in [9.17, 15) is 8.78 Å². The molecule has 1 atom stereocenters. The number of hydrogen-bond donors (Lipinski definition) is 1. The summed E-state index contributed by atoms with van der Waals surface area (Å²) >= 11 is 0. The van der Waals surface area contributed by atoms with Gasteiger partial charge in [-0.05, 0) is 38.2 Å². The molecule has 0 amide bonds. The minimum absolute atomic E-state index is 0.0215. The fourth-order valence-electron chi connectivity index (χ4n) is 3.74. The first kappa shape index (κ1) is 15.2. The van der Waals surface area contributed by atoms with Gasteiger partial charge >= 0.3 is 0 Å².